The van der Waals surface area contributed by atoms with Crippen molar-refractivity contribution in [1.29, 1.82) is 5.26 Å². The highest BCUT2D eigenvalue weighted by Gasteiger charge is 2.01. The number of benzene rings is 2. The molecule has 2 nitrogen and oxygen atoms in total. The molecule has 0 N–H and O–H groups in total. The zero-order valence-electron chi connectivity index (χ0n) is 11.3. The van der Waals surface area contributed by atoms with Gasteiger partial charge in [0, 0.05) is 0 Å². The fourth-order valence-electron chi connectivity index (χ4n) is 1.97. The zero-order chi connectivity index (χ0) is 13.7. The highest BCUT2D eigenvalue weighted by molar-refractivity contribution is 5.43. The molecule has 0 aliphatic rings. The van der Waals surface area contributed by atoms with Crippen molar-refractivity contribution in [1.82, 2.24) is 0 Å². The minimum absolute atomic E-state index is 0.686. The third kappa shape index (κ3) is 3.35. The van der Waals surface area contributed by atoms with Crippen LogP contribution in [0.4, 0.5) is 0 Å². The van der Waals surface area contributed by atoms with Crippen molar-refractivity contribution < 1.29 is 4.74 Å². The van der Waals surface area contributed by atoms with Crippen LogP contribution in [0.2, 0.25) is 0 Å². The van der Waals surface area contributed by atoms with Crippen LogP contribution in [0, 0.1) is 18.3 Å². The number of hydrogen-bond donors (Lipinski definition) is 0. The number of ether oxygens (including phenoxy) is 1. The number of rotatable bonds is 4. The second kappa shape index (κ2) is 6.06. The predicted molar refractivity (Wildman–Crippen MR) is 76.4 cm³/mol. The first-order valence-electron chi connectivity index (χ1n) is 6.50. The van der Waals surface area contributed by atoms with Crippen molar-refractivity contribution in [3.8, 4) is 17.6 Å². The molecule has 0 atom stereocenters. The molecule has 0 fully saturated rings. The van der Waals surface area contributed by atoms with E-state index in [9.17, 15) is 0 Å². The topological polar surface area (TPSA) is 33.0 Å². The second-order valence-electron chi connectivity index (χ2n) is 4.58. The molecule has 2 rings (SSSR count). The molecule has 0 radical (unpaired) electrons. The van der Waals surface area contributed by atoms with Crippen molar-refractivity contribution in [2.24, 2.45) is 0 Å². The highest BCUT2D eigenvalue weighted by Crippen LogP contribution is 2.24. The van der Waals surface area contributed by atoms with E-state index in [4.69, 9.17) is 10.00 Å². The Morgan fingerprint density at radius 3 is 2.32 bits per heavy atom. The van der Waals surface area contributed by atoms with Crippen LogP contribution >= 0.6 is 0 Å². The molecule has 0 saturated carbocycles. The fourth-order valence-corrected chi connectivity index (χ4v) is 1.97. The summed E-state index contributed by atoms with van der Waals surface area (Å²) in [6.07, 6.45) is 2.24. The van der Waals surface area contributed by atoms with Gasteiger partial charge in [-0.05, 0) is 54.8 Å². The summed E-state index contributed by atoms with van der Waals surface area (Å²) >= 11 is 0. The van der Waals surface area contributed by atoms with Gasteiger partial charge in [-0.3, -0.25) is 0 Å². The zero-order valence-corrected chi connectivity index (χ0v) is 11.3. The average Bonchev–Trinajstić information content (AvgIpc) is 2.42. The van der Waals surface area contributed by atoms with Crippen LogP contribution in [0.3, 0.4) is 0 Å². The van der Waals surface area contributed by atoms with Crippen LogP contribution in [0.25, 0.3) is 0 Å². The van der Waals surface area contributed by atoms with E-state index in [2.05, 4.69) is 25.1 Å². The summed E-state index contributed by atoms with van der Waals surface area (Å²) in [6, 6.07) is 15.8. The van der Waals surface area contributed by atoms with Gasteiger partial charge in [0.2, 0.25) is 0 Å². The second-order valence-corrected chi connectivity index (χ2v) is 4.58. The third-order valence-corrected chi connectivity index (χ3v) is 3.02. The fraction of sp³-hybridized carbons (Fsp3) is 0.235. The van der Waals surface area contributed by atoms with Crippen molar-refractivity contribution in [3.63, 3.8) is 0 Å². The Morgan fingerprint density at radius 2 is 1.74 bits per heavy atom. The molecule has 2 aromatic rings. The maximum atomic E-state index is 8.89. The first kappa shape index (κ1) is 13.2. The molecule has 0 heterocycles. The molecule has 19 heavy (non-hydrogen) atoms. The lowest BCUT2D eigenvalue weighted by molar-refractivity contribution is 0.482. The largest absolute Gasteiger partial charge is 0.457 e. The summed E-state index contributed by atoms with van der Waals surface area (Å²) in [7, 11) is 0. The van der Waals surface area contributed by atoms with Gasteiger partial charge >= 0.3 is 0 Å². The number of nitrogens with zero attached hydrogens (tertiary/aromatic N) is 1. The molecule has 0 unspecified atom stereocenters. The first-order chi connectivity index (χ1) is 9.22. The van der Waals surface area contributed by atoms with Crippen LogP contribution in [0.5, 0.6) is 11.5 Å². The van der Waals surface area contributed by atoms with Gasteiger partial charge in [0.15, 0.2) is 0 Å². The summed E-state index contributed by atoms with van der Waals surface area (Å²) in [5.74, 6) is 1.59. The summed E-state index contributed by atoms with van der Waals surface area (Å²) in [6.45, 7) is 4.08. The highest BCUT2D eigenvalue weighted by atomic mass is 16.5. The summed E-state index contributed by atoms with van der Waals surface area (Å²) in [5.41, 5.74) is 2.94. The van der Waals surface area contributed by atoms with Gasteiger partial charge in [-0.1, -0.05) is 25.5 Å². The van der Waals surface area contributed by atoms with Crippen LogP contribution in [0.1, 0.15) is 30.0 Å². The monoisotopic (exact) mass is 251 g/mol. The summed E-state index contributed by atoms with van der Waals surface area (Å²) in [4.78, 5) is 0. The molecule has 0 aliphatic heterocycles. The van der Waals surface area contributed by atoms with Gasteiger partial charge < -0.3 is 4.74 Å². The Kier molecular flexibility index (Phi) is 4.20. The predicted octanol–water partition coefficient (Wildman–Crippen LogP) is 4.61. The Morgan fingerprint density at radius 1 is 1.05 bits per heavy atom. The van der Waals surface area contributed by atoms with Gasteiger partial charge in [0.25, 0.3) is 0 Å². The molecule has 0 saturated heterocycles. The normalized spacial score (nSPS) is 9.95. The summed E-state index contributed by atoms with van der Waals surface area (Å²) in [5, 5.41) is 8.89. The Labute approximate surface area is 114 Å². The standard InChI is InChI=1S/C17H17NO/c1-3-4-14-5-8-16(9-6-14)19-17-10-7-15(12-18)13(2)11-17/h5-11H,3-4H2,1-2H3. The average molecular weight is 251 g/mol. The van der Waals surface area contributed by atoms with Crippen LogP contribution in [-0.4, -0.2) is 0 Å². The van der Waals surface area contributed by atoms with Gasteiger partial charge in [-0.2, -0.15) is 5.26 Å². The van der Waals surface area contributed by atoms with Crippen molar-refractivity contribution in [3.05, 3.63) is 59.2 Å². The number of aryl methyl sites for hydroxylation is 2. The van der Waals surface area contributed by atoms with Crippen molar-refractivity contribution in [2.45, 2.75) is 26.7 Å². The van der Waals surface area contributed by atoms with Gasteiger partial charge in [-0.15, -0.1) is 0 Å². The molecule has 0 aromatic heterocycles. The molecule has 0 bridgehead atoms. The van der Waals surface area contributed by atoms with Crippen molar-refractivity contribution >= 4 is 0 Å². The lowest BCUT2D eigenvalue weighted by atomic mass is 10.1. The SMILES string of the molecule is CCCc1ccc(Oc2ccc(C#N)c(C)c2)cc1. The van der Waals surface area contributed by atoms with Gasteiger partial charge in [0.05, 0.1) is 11.6 Å². The van der Waals surface area contributed by atoms with Gasteiger partial charge in [0.1, 0.15) is 11.5 Å². The minimum Gasteiger partial charge on any atom is -0.457 e. The van der Waals surface area contributed by atoms with E-state index in [1.54, 1.807) is 6.07 Å². The number of nitriles is 1. The van der Waals surface area contributed by atoms with E-state index in [1.807, 2.05) is 31.2 Å². The Bertz CT molecular complexity index is 594. The Hall–Kier alpha value is -2.27. The molecule has 2 aromatic carbocycles. The lowest BCUT2D eigenvalue weighted by Gasteiger charge is -2.08. The van der Waals surface area contributed by atoms with Crippen LogP contribution < -0.4 is 4.74 Å². The molecule has 0 spiro atoms. The van der Waals surface area contributed by atoms with Crippen molar-refractivity contribution in [2.75, 3.05) is 0 Å². The molecule has 0 aliphatic carbocycles. The number of hydrogen-bond acceptors (Lipinski definition) is 2. The third-order valence-electron chi connectivity index (χ3n) is 3.02. The maximum Gasteiger partial charge on any atom is 0.127 e. The van der Waals surface area contributed by atoms with E-state index in [0.717, 1.165) is 29.9 Å². The van der Waals surface area contributed by atoms with E-state index >= 15 is 0 Å². The van der Waals surface area contributed by atoms with E-state index in [0.29, 0.717) is 5.56 Å². The van der Waals surface area contributed by atoms with Gasteiger partial charge in [-0.25, -0.2) is 0 Å². The smallest absolute Gasteiger partial charge is 0.127 e. The molecular weight excluding hydrogens is 234 g/mol. The molecular formula is C17H17NO. The lowest BCUT2D eigenvalue weighted by Crippen LogP contribution is -1.88. The summed E-state index contributed by atoms with van der Waals surface area (Å²) < 4.78 is 5.78. The molecule has 0 amide bonds. The van der Waals surface area contributed by atoms with E-state index < -0.39 is 0 Å². The maximum absolute atomic E-state index is 8.89. The van der Waals surface area contributed by atoms with E-state index in [-0.39, 0.29) is 0 Å². The quantitative estimate of drug-likeness (QED) is 0.794. The van der Waals surface area contributed by atoms with Crippen LogP contribution in [0.15, 0.2) is 42.5 Å². The first-order valence-corrected chi connectivity index (χ1v) is 6.50. The molecule has 2 heteroatoms. The molecule has 96 valence electrons. The van der Waals surface area contributed by atoms with E-state index in [1.165, 1.54) is 5.56 Å². The van der Waals surface area contributed by atoms with Crippen LogP contribution in [-0.2, 0) is 6.42 Å². The minimum atomic E-state index is 0.686. The Balaban J connectivity index is 2.13.